The van der Waals surface area contributed by atoms with Crippen LogP contribution in [0.15, 0.2) is 41.9 Å². The van der Waals surface area contributed by atoms with Gasteiger partial charge in [0.25, 0.3) is 0 Å². The Bertz CT molecular complexity index is 1280. The fourth-order valence-electron chi connectivity index (χ4n) is 4.19. The van der Waals surface area contributed by atoms with E-state index in [1.807, 2.05) is 26.6 Å². The molecule has 9 heteroatoms. The summed E-state index contributed by atoms with van der Waals surface area (Å²) in [5.41, 5.74) is 3.11. The maximum atomic E-state index is 12.6. The maximum Gasteiger partial charge on any atom is 0.230 e. The molecule has 1 N–H and O–H groups in total. The summed E-state index contributed by atoms with van der Waals surface area (Å²) < 4.78 is 4.59. The second kappa shape index (κ2) is 7.90. The molecule has 7 nitrogen and oxygen atoms in total. The second-order valence-corrected chi connectivity index (χ2v) is 8.96. The first-order chi connectivity index (χ1) is 14.6. The smallest absolute Gasteiger partial charge is 0.230 e. The van der Waals surface area contributed by atoms with Crippen LogP contribution in [0.2, 0.25) is 0 Å². The summed E-state index contributed by atoms with van der Waals surface area (Å²) in [6.07, 6.45) is 3.55. The molecule has 1 amide bonds. The quantitative estimate of drug-likeness (QED) is 0.486. The van der Waals surface area contributed by atoms with Crippen molar-refractivity contribution in [3.05, 3.63) is 52.2 Å². The molecule has 1 aliphatic rings. The van der Waals surface area contributed by atoms with E-state index in [-0.39, 0.29) is 11.8 Å². The number of anilines is 1. The first-order valence-electron chi connectivity index (χ1n) is 10.0. The van der Waals surface area contributed by atoms with Gasteiger partial charge in [-0.25, -0.2) is 9.67 Å². The van der Waals surface area contributed by atoms with Crippen molar-refractivity contribution in [3.8, 4) is 0 Å². The van der Waals surface area contributed by atoms with E-state index in [4.69, 9.17) is 17.3 Å². The van der Waals surface area contributed by atoms with E-state index >= 15 is 0 Å². The van der Waals surface area contributed by atoms with Gasteiger partial charge in [0.15, 0.2) is 10.8 Å². The molecule has 5 rings (SSSR count). The molecule has 154 valence electrons. The molecule has 0 aliphatic carbocycles. The molecule has 1 aromatic carbocycles. The standard InChI is InChI=1S/C21H22N6OS2/c1-14-11-18-24-26(21(29)27(18)17-7-3-2-6-16(14)17)13-25-9-4-5-15(12-25)19(28)23-20-22-8-10-30-20/h2-3,6-8,10-11,15H,4-5,9,12-13H2,1H3,(H,22,23,28). The molecule has 0 saturated carbocycles. The number of thiazole rings is 1. The third-order valence-corrected chi connectivity index (χ3v) is 6.73. The SMILES string of the molecule is Cc1cc2nn(CN3CCCC(C(=O)Nc4nccs4)C3)c(=S)n2c2ccccc12. The average molecular weight is 439 g/mol. The van der Waals surface area contributed by atoms with Gasteiger partial charge in [0.05, 0.1) is 18.1 Å². The minimum Gasteiger partial charge on any atom is -0.302 e. The lowest BCUT2D eigenvalue weighted by atomic mass is 9.97. The Morgan fingerprint density at radius 1 is 1.37 bits per heavy atom. The first-order valence-corrected chi connectivity index (χ1v) is 11.3. The number of fused-ring (bicyclic) bond motifs is 3. The van der Waals surface area contributed by atoms with Gasteiger partial charge in [0.2, 0.25) is 10.7 Å². The van der Waals surface area contributed by atoms with E-state index in [9.17, 15) is 4.79 Å². The Kier molecular flexibility index (Phi) is 5.10. The molecule has 4 aromatic rings. The molecule has 30 heavy (non-hydrogen) atoms. The highest BCUT2D eigenvalue weighted by Crippen LogP contribution is 2.23. The molecule has 1 aliphatic heterocycles. The number of piperidine rings is 1. The average Bonchev–Trinajstić information content (AvgIpc) is 3.36. The highest BCUT2D eigenvalue weighted by molar-refractivity contribution is 7.71. The van der Waals surface area contributed by atoms with Gasteiger partial charge in [0.1, 0.15) is 0 Å². The van der Waals surface area contributed by atoms with Gasteiger partial charge >= 0.3 is 0 Å². The van der Waals surface area contributed by atoms with E-state index in [1.165, 1.54) is 22.3 Å². The number of hydrogen-bond donors (Lipinski definition) is 1. The Hall–Kier alpha value is -2.62. The molecule has 0 radical (unpaired) electrons. The summed E-state index contributed by atoms with van der Waals surface area (Å²) in [5, 5.41) is 11.4. The Labute approximate surface area is 183 Å². The van der Waals surface area contributed by atoms with Crippen LogP contribution in [0.5, 0.6) is 0 Å². The number of pyridine rings is 1. The second-order valence-electron chi connectivity index (χ2n) is 7.70. The van der Waals surface area contributed by atoms with E-state index in [0.717, 1.165) is 30.6 Å². The van der Waals surface area contributed by atoms with Gasteiger partial charge < -0.3 is 5.32 Å². The Morgan fingerprint density at radius 2 is 2.23 bits per heavy atom. The first kappa shape index (κ1) is 19.3. The van der Waals surface area contributed by atoms with Crippen LogP contribution >= 0.6 is 23.6 Å². The molecule has 0 bridgehead atoms. The lowest BCUT2D eigenvalue weighted by Crippen LogP contribution is -2.41. The van der Waals surface area contributed by atoms with Crippen LogP contribution < -0.4 is 5.32 Å². The summed E-state index contributed by atoms with van der Waals surface area (Å²) in [6, 6.07) is 10.3. The maximum absolute atomic E-state index is 12.6. The van der Waals surface area contributed by atoms with E-state index in [1.54, 1.807) is 6.20 Å². The number of nitrogens with one attached hydrogen (secondary N) is 1. The number of likely N-dealkylation sites (tertiary alicyclic amines) is 1. The molecule has 1 unspecified atom stereocenters. The van der Waals surface area contributed by atoms with Crippen molar-refractivity contribution in [1.29, 1.82) is 0 Å². The van der Waals surface area contributed by atoms with Crippen LogP contribution in [-0.4, -0.2) is 43.1 Å². The Balaban J connectivity index is 1.39. The van der Waals surface area contributed by atoms with Crippen LogP contribution in [0, 0.1) is 17.6 Å². The zero-order chi connectivity index (χ0) is 20.7. The van der Waals surface area contributed by atoms with Gasteiger partial charge in [0, 0.05) is 23.5 Å². The third kappa shape index (κ3) is 3.53. The predicted octanol–water partition coefficient (Wildman–Crippen LogP) is 4.09. The normalized spacial score (nSPS) is 17.6. The molecular weight excluding hydrogens is 416 g/mol. The third-order valence-electron chi connectivity index (χ3n) is 5.65. The monoisotopic (exact) mass is 438 g/mol. The minimum atomic E-state index is -0.0584. The zero-order valence-corrected chi connectivity index (χ0v) is 18.2. The van der Waals surface area contributed by atoms with E-state index < -0.39 is 0 Å². The number of carbonyl (C=O) groups excluding carboxylic acids is 1. The Morgan fingerprint density at radius 3 is 3.07 bits per heavy atom. The van der Waals surface area contributed by atoms with Crippen molar-refractivity contribution < 1.29 is 4.79 Å². The van der Waals surface area contributed by atoms with Gasteiger partial charge in [-0.2, -0.15) is 5.10 Å². The highest BCUT2D eigenvalue weighted by atomic mass is 32.1. The van der Waals surface area contributed by atoms with Crippen LogP contribution in [0.3, 0.4) is 0 Å². The van der Waals surface area contributed by atoms with Crippen molar-refractivity contribution in [2.75, 3.05) is 18.4 Å². The molecule has 1 fully saturated rings. The summed E-state index contributed by atoms with van der Waals surface area (Å²) in [6.45, 7) is 4.29. The van der Waals surface area contributed by atoms with Crippen LogP contribution in [0.1, 0.15) is 18.4 Å². The summed E-state index contributed by atoms with van der Waals surface area (Å²) in [7, 11) is 0. The van der Waals surface area contributed by atoms with Crippen molar-refractivity contribution in [3.63, 3.8) is 0 Å². The van der Waals surface area contributed by atoms with Crippen molar-refractivity contribution >= 4 is 51.1 Å². The minimum absolute atomic E-state index is 0.0369. The highest BCUT2D eigenvalue weighted by Gasteiger charge is 2.27. The van der Waals surface area contributed by atoms with Gasteiger partial charge in [-0.3, -0.25) is 14.1 Å². The van der Waals surface area contributed by atoms with Crippen molar-refractivity contribution in [1.82, 2.24) is 24.1 Å². The van der Waals surface area contributed by atoms with Crippen molar-refractivity contribution in [2.24, 2.45) is 5.92 Å². The van der Waals surface area contributed by atoms with Gasteiger partial charge in [-0.05, 0) is 56.2 Å². The summed E-state index contributed by atoms with van der Waals surface area (Å²) in [5.74, 6) is -0.0215. The number of hydrogen-bond acceptors (Lipinski definition) is 6. The number of benzene rings is 1. The van der Waals surface area contributed by atoms with Crippen LogP contribution in [-0.2, 0) is 11.5 Å². The van der Waals surface area contributed by atoms with Gasteiger partial charge in [-0.15, -0.1) is 11.3 Å². The largest absolute Gasteiger partial charge is 0.302 e. The molecule has 1 saturated heterocycles. The fraction of sp³-hybridized carbons (Fsp3) is 0.333. The van der Waals surface area contributed by atoms with Crippen LogP contribution in [0.4, 0.5) is 5.13 Å². The van der Waals surface area contributed by atoms with E-state index in [0.29, 0.717) is 23.1 Å². The molecule has 4 heterocycles. The number of aryl methyl sites for hydroxylation is 1. The predicted molar refractivity (Wildman–Crippen MR) is 121 cm³/mol. The molecule has 0 spiro atoms. The number of para-hydroxylation sites is 1. The molecule has 1 atom stereocenters. The van der Waals surface area contributed by atoms with Crippen molar-refractivity contribution in [2.45, 2.75) is 26.4 Å². The topological polar surface area (TPSA) is 67.5 Å². The van der Waals surface area contributed by atoms with Crippen LogP contribution in [0.25, 0.3) is 16.6 Å². The summed E-state index contributed by atoms with van der Waals surface area (Å²) in [4.78, 5) is 19.0. The van der Waals surface area contributed by atoms with Gasteiger partial charge in [-0.1, -0.05) is 18.2 Å². The number of rotatable bonds is 4. The fourth-order valence-corrected chi connectivity index (χ4v) is 5.01. The van der Waals surface area contributed by atoms with E-state index in [2.05, 4.69) is 40.3 Å². The lowest BCUT2D eigenvalue weighted by molar-refractivity contribution is -0.121. The molecular formula is C21H22N6OS2. The number of aromatic nitrogens is 4. The lowest BCUT2D eigenvalue weighted by Gasteiger charge is -2.31. The number of carbonyl (C=O) groups is 1. The zero-order valence-electron chi connectivity index (χ0n) is 16.6. The molecule has 3 aromatic heterocycles. The number of nitrogens with zero attached hydrogens (tertiary/aromatic N) is 5. The summed E-state index contributed by atoms with van der Waals surface area (Å²) >= 11 is 7.21. The number of amides is 1.